The van der Waals surface area contributed by atoms with E-state index in [0.29, 0.717) is 5.02 Å². The molecular formula is C11H10ClN3O2S. The average Bonchev–Trinajstić information content (AvgIpc) is 2.29. The molecule has 0 aromatic heterocycles. The molecule has 18 heavy (non-hydrogen) atoms. The molecule has 1 unspecified atom stereocenters. The van der Waals surface area contributed by atoms with E-state index >= 15 is 0 Å². The van der Waals surface area contributed by atoms with E-state index in [9.17, 15) is 8.42 Å². The first-order valence-corrected chi connectivity index (χ1v) is 6.98. The Bertz CT molecular complexity index is 629. The van der Waals surface area contributed by atoms with E-state index in [0.717, 1.165) is 0 Å². The number of benzene rings is 1. The van der Waals surface area contributed by atoms with Crippen LogP contribution in [0.5, 0.6) is 0 Å². The van der Waals surface area contributed by atoms with Gasteiger partial charge in [-0.2, -0.15) is 10.5 Å². The van der Waals surface area contributed by atoms with Crippen molar-refractivity contribution in [3.05, 3.63) is 28.8 Å². The number of halogens is 1. The molecular weight excluding hydrogens is 274 g/mol. The second-order valence-corrected chi connectivity index (χ2v) is 5.77. The number of hydrogen-bond donors (Lipinski definition) is 1. The minimum absolute atomic E-state index is 0.0821. The van der Waals surface area contributed by atoms with Crippen molar-refractivity contribution in [2.45, 2.75) is 18.6 Å². The van der Waals surface area contributed by atoms with Crippen molar-refractivity contribution in [2.75, 3.05) is 4.72 Å². The molecule has 7 heteroatoms. The molecule has 0 saturated heterocycles. The van der Waals surface area contributed by atoms with Crippen LogP contribution in [-0.2, 0) is 10.0 Å². The van der Waals surface area contributed by atoms with Gasteiger partial charge in [-0.25, -0.2) is 8.42 Å². The SMILES string of the molecule is CCC(C#N)S(=O)(=O)Nc1cc(Cl)ccc1C#N. The van der Waals surface area contributed by atoms with Crippen molar-refractivity contribution < 1.29 is 8.42 Å². The summed E-state index contributed by atoms with van der Waals surface area (Å²) in [5, 5.41) is 16.8. The highest BCUT2D eigenvalue weighted by Crippen LogP contribution is 2.22. The summed E-state index contributed by atoms with van der Waals surface area (Å²) >= 11 is 5.74. The van der Waals surface area contributed by atoms with Crippen LogP contribution in [0.4, 0.5) is 5.69 Å². The summed E-state index contributed by atoms with van der Waals surface area (Å²) < 4.78 is 25.9. The predicted molar refractivity (Wildman–Crippen MR) is 68.4 cm³/mol. The summed E-state index contributed by atoms with van der Waals surface area (Å²) in [6, 6.07) is 7.78. The zero-order chi connectivity index (χ0) is 13.8. The Labute approximate surface area is 111 Å². The van der Waals surface area contributed by atoms with E-state index in [1.165, 1.54) is 18.2 Å². The first-order valence-electron chi connectivity index (χ1n) is 5.05. The molecule has 1 rings (SSSR count). The molecule has 5 nitrogen and oxygen atoms in total. The van der Waals surface area contributed by atoms with Crippen molar-refractivity contribution >= 4 is 27.3 Å². The fraction of sp³-hybridized carbons (Fsp3) is 0.273. The lowest BCUT2D eigenvalue weighted by Gasteiger charge is -2.12. The fourth-order valence-electron chi connectivity index (χ4n) is 1.30. The Morgan fingerprint density at radius 3 is 2.61 bits per heavy atom. The Morgan fingerprint density at radius 2 is 2.11 bits per heavy atom. The number of anilines is 1. The summed E-state index contributed by atoms with van der Waals surface area (Å²) in [6.07, 6.45) is 0.161. The van der Waals surface area contributed by atoms with Crippen molar-refractivity contribution in [2.24, 2.45) is 0 Å². The first kappa shape index (κ1) is 14.3. The van der Waals surface area contributed by atoms with E-state index in [1.54, 1.807) is 13.0 Å². The van der Waals surface area contributed by atoms with Gasteiger partial charge in [0, 0.05) is 5.02 Å². The van der Waals surface area contributed by atoms with Crippen LogP contribution in [0.1, 0.15) is 18.9 Å². The monoisotopic (exact) mass is 283 g/mol. The molecule has 1 aromatic rings. The second kappa shape index (κ2) is 5.72. The molecule has 0 bridgehead atoms. The molecule has 0 spiro atoms. The minimum atomic E-state index is -3.85. The van der Waals surface area contributed by atoms with Crippen LogP contribution < -0.4 is 4.72 Å². The van der Waals surface area contributed by atoms with Gasteiger partial charge in [-0.3, -0.25) is 4.72 Å². The Balaban J connectivity index is 3.17. The Kier molecular flexibility index (Phi) is 4.55. The van der Waals surface area contributed by atoms with E-state index in [4.69, 9.17) is 22.1 Å². The highest BCUT2D eigenvalue weighted by Gasteiger charge is 2.24. The van der Waals surface area contributed by atoms with Gasteiger partial charge in [0.2, 0.25) is 10.0 Å². The van der Waals surface area contributed by atoms with Gasteiger partial charge in [0.25, 0.3) is 0 Å². The molecule has 0 amide bonds. The Morgan fingerprint density at radius 1 is 1.44 bits per heavy atom. The Hall–Kier alpha value is -1.76. The normalized spacial score (nSPS) is 12.2. The third-order valence-corrected chi connectivity index (χ3v) is 4.17. The lowest BCUT2D eigenvalue weighted by atomic mass is 10.2. The maximum absolute atomic E-state index is 11.9. The highest BCUT2D eigenvalue weighted by molar-refractivity contribution is 7.93. The van der Waals surface area contributed by atoms with Crippen LogP contribution in [0.3, 0.4) is 0 Å². The summed E-state index contributed by atoms with van der Waals surface area (Å²) in [4.78, 5) is 0. The van der Waals surface area contributed by atoms with Crippen molar-refractivity contribution in [1.82, 2.24) is 0 Å². The van der Waals surface area contributed by atoms with Crippen LogP contribution in [0.25, 0.3) is 0 Å². The molecule has 0 aliphatic carbocycles. The van der Waals surface area contributed by atoms with Crippen LogP contribution in [0, 0.1) is 22.7 Å². The number of hydrogen-bond acceptors (Lipinski definition) is 4. The smallest absolute Gasteiger partial charge is 0.249 e. The third kappa shape index (κ3) is 3.13. The summed E-state index contributed by atoms with van der Waals surface area (Å²) in [5.74, 6) is 0. The van der Waals surface area contributed by atoms with E-state index < -0.39 is 15.3 Å². The van der Waals surface area contributed by atoms with Gasteiger partial charge in [-0.1, -0.05) is 18.5 Å². The standard InChI is InChI=1S/C11H10ClN3O2S/c1-2-10(7-14)18(16,17)15-11-5-9(12)4-3-8(11)6-13/h3-5,10,15H,2H2,1H3. The van der Waals surface area contributed by atoms with Crippen LogP contribution in [-0.4, -0.2) is 13.7 Å². The second-order valence-electron chi connectivity index (χ2n) is 3.47. The lowest BCUT2D eigenvalue weighted by molar-refractivity contribution is 0.593. The number of nitrogens with zero attached hydrogens (tertiary/aromatic N) is 2. The molecule has 1 atom stereocenters. The molecule has 0 fully saturated rings. The first-order chi connectivity index (χ1) is 8.44. The number of sulfonamides is 1. The number of nitriles is 2. The van der Waals surface area contributed by atoms with Gasteiger partial charge in [0.05, 0.1) is 17.3 Å². The summed E-state index contributed by atoms with van der Waals surface area (Å²) in [6.45, 7) is 1.59. The third-order valence-electron chi connectivity index (χ3n) is 2.24. The molecule has 0 radical (unpaired) electrons. The molecule has 1 N–H and O–H groups in total. The van der Waals surface area contributed by atoms with Crippen LogP contribution in [0.2, 0.25) is 5.02 Å². The zero-order valence-electron chi connectivity index (χ0n) is 9.51. The van der Waals surface area contributed by atoms with Crippen molar-refractivity contribution in [3.63, 3.8) is 0 Å². The zero-order valence-corrected chi connectivity index (χ0v) is 11.1. The summed E-state index contributed by atoms with van der Waals surface area (Å²) in [7, 11) is -3.85. The van der Waals surface area contributed by atoms with Crippen molar-refractivity contribution in [1.29, 1.82) is 10.5 Å². The van der Waals surface area contributed by atoms with E-state index in [2.05, 4.69) is 4.72 Å². The van der Waals surface area contributed by atoms with E-state index in [1.807, 2.05) is 6.07 Å². The van der Waals surface area contributed by atoms with Gasteiger partial charge in [-0.05, 0) is 24.6 Å². The fourth-order valence-corrected chi connectivity index (χ4v) is 2.67. The molecule has 0 saturated carbocycles. The molecule has 0 heterocycles. The quantitative estimate of drug-likeness (QED) is 0.917. The van der Waals surface area contributed by atoms with Gasteiger partial charge < -0.3 is 0 Å². The van der Waals surface area contributed by atoms with Gasteiger partial charge >= 0.3 is 0 Å². The number of nitrogens with one attached hydrogen (secondary N) is 1. The molecule has 0 aliphatic heterocycles. The minimum Gasteiger partial charge on any atom is -0.281 e. The van der Waals surface area contributed by atoms with Gasteiger partial charge in [0.15, 0.2) is 5.25 Å². The number of rotatable bonds is 4. The molecule has 1 aromatic carbocycles. The van der Waals surface area contributed by atoms with Crippen molar-refractivity contribution in [3.8, 4) is 12.1 Å². The molecule has 0 aliphatic rings. The molecule has 94 valence electrons. The largest absolute Gasteiger partial charge is 0.281 e. The van der Waals surface area contributed by atoms with Crippen LogP contribution >= 0.6 is 11.6 Å². The predicted octanol–water partition coefficient (Wildman–Crippen LogP) is 2.26. The van der Waals surface area contributed by atoms with Gasteiger partial charge in [-0.15, -0.1) is 0 Å². The maximum atomic E-state index is 11.9. The van der Waals surface area contributed by atoms with E-state index in [-0.39, 0.29) is 17.7 Å². The average molecular weight is 284 g/mol. The van der Waals surface area contributed by atoms with Crippen LogP contribution in [0.15, 0.2) is 18.2 Å². The topological polar surface area (TPSA) is 93.8 Å². The lowest BCUT2D eigenvalue weighted by Crippen LogP contribution is -2.26. The summed E-state index contributed by atoms with van der Waals surface area (Å²) in [5.41, 5.74) is 0.231. The highest BCUT2D eigenvalue weighted by atomic mass is 35.5. The van der Waals surface area contributed by atoms with Gasteiger partial charge in [0.1, 0.15) is 6.07 Å². The maximum Gasteiger partial charge on any atom is 0.249 e.